The number of amides is 1. The van der Waals surface area contributed by atoms with E-state index in [1.807, 2.05) is 18.4 Å². The Hall–Kier alpha value is -0.870. The second kappa shape index (κ2) is 6.58. The van der Waals surface area contributed by atoms with Gasteiger partial charge >= 0.3 is 0 Å². The van der Waals surface area contributed by atoms with E-state index in [2.05, 4.69) is 11.4 Å². The van der Waals surface area contributed by atoms with Crippen molar-refractivity contribution in [2.45, 2.75) is 26.4 Å². The highest BCUT2D eigenvalue weighted by atomic mass is 32.1. The van der Waals surface area contributed by atoms with Crippen LogP contribution in [0.2, 0.25) is 0 Å². The molecule has 4 heteroatoms. The molecule has 0 fully saturated rings. The van der Waals surface area contributed by atoms with E-state index < -0.39 is 0 Å². The molecule has 1 N–H and O–H groups in total. The van der Waals surface area contributed by atoms with Crippen molar-refractivity contribution in [1.29, 1.82) is 0 Å². The van der Waals surface area contributed by atoms with Gasteiger partial charge in [0.1, 0.15) is 6.10 Å². The third kappa shape index (κ3) is 4.44. The number of nitrogens with one attached hydrogen (secondary N) is 1. The maximum Gasteiger partial charge on any atom is 0.248 e. The lowest BCUT2D eigenvalue weighted by atomic mass is 10.3. The number of hydrogen-bond donors (Lipinski definition) is 1. The summed E-state index contributed by atoms with van der Waals surface area (Å²) in [5.41, 5.74) is 0. The predicted octanol–water partition coefficient (Wildman–Crippen LogP) is 1.83. The van der Waals surface area contributed by atoms with Crippen LogP contribution in [0.5, 0.6) is 0 Å². The number of thiophene rings is 1. The van der Waals surface area contributed by atoms with Crippen molar-refractivity contribution in [2.24, 2.45) is 0 Å². The van der Waals surface area contributed by atoms with Gasteiger partial charge in [-0.05, 0) is 31.7 Å². The first-order valence-electron chi connectivity index (χ1n) is 5.15. The zero-order valence-electron chi connectivity index (χ0n) is 9.16. The summed E-state index contributed by atoms with van der Waals surface area (Å²) in [7, 11) is 0. The summed E-state index contributed by atoms with van der Waals surface area (Å²) in [5.74, 6) is -0.0339. The molecule has 0 unspecified atom stereocenters. The topological polar surface area (TPSA) is 38.3 Å². The highest BCUT2D eigenvalue weighted by Crippen LogP contribution is 2.08. The van der Waals surface area contributed by atoms with Crippen LogP contribution in [0.25, 0.3) is 0 Å². The molecule has 1 aromatic heterocycles. The van der Waals surface area contributed by atoms with Crippen LogP contribution >= 0.6 is 11.3 Å². The Morgan fingerprint density at radius 1 is 1.67 bits per heavy atom. The van der Waals surface area contributed by atoms with Crippen molar-refractivity contribution in [3.63, 3.8) is 0 Å². The molecule has 0 aliphatic heterocycles. The van der Waals surface area contributed by atoms with E-state index in [4.69, 9.17) is 4.74 Å². The van der Waals surface area contributed by atoms with E-state index in [0.717, 1.165) is 6.42 Å². The Morgan fingerprint density at radius 3 is 3.07 bits per heavy atom. The van der Waals surface area contributed by atoms with Crippen LogP contribution in [0.4, 0.5) is 0 Å². The van der Waals surface area contributed by atoms with Gasteiger partial charge in [-0.15, -0.1) is 11.3 Å². The molecule has 15 heavy (non-hydrogen) atoms. The summed E-state index contributed by atoms with van der Waals surface area (Å²) in [6, 6.07) is 4.09. The van der Waals surface area contributed by atoms with Gasteiger partial charge in [-0.1, -0.05) is 6.07 Å². The molecule has 0 aliphatic rings. The van der Waals surface area contributed by atoms with Gasteiger partial charge in [-0.3, -0.25) is 4.79 Å². The second-order valence-corrected chi connectivity index (χ2v) is 4.25. The minimum atomic E-state index is -0.349. The predicted molar refractivity (Wildman–Crippen MR) is 62.1 cm³/mol. The molecule has 0 aliphatic carbocycles. The van der Waals surface area contributed by atoms with Crippen LogP contribution in [0.3, 0.4) is 0 Å². The Kier molecular flexibility index (Phi) is 5.36. The Labute approximate surface area is 94.5 Å². The van der Waals surface area contributed by atoms with Crippen molar-refractivity contribution in [3.8, 4) is 0 Å². The lowest BCUT2D eigenvalue weighted by Crippen LogP contribution is -2.35. The molecule has 1 heterocycles. The summed E-state index contributed by atoms with van der Waals surface area (Å²) in [6.45, 7) is 4.90. The minimum Gasteiger partial charge on any atom is -0.369 e. The Balaban J connectivity index is 2.17. The van der Waals surface area contributed by atoms with E-state index >= 15 is 0 Å². The normalized spacial score (nSPS) is 12.4. The van der Waals surface area contributed by atoms with Crippen molar-refractivity contribution in [2.75, 3.05) is 13.2 Å². The quantitative estimate of drug-likeness (QED) is 0.805. The zero-order chi connectivity index (χ0) is 11.1. The molecular formula is C11H17NO2S. The maximum atomic E-state index is 11.4. The highest BCUT2D eigenvalue weighted by Gasteiger charge is 2.11. The molecule has 0 saturated heterocycles. The standard InChI is InChI=1S/C11H17NO2S/c1-3-14-9(2)11(13)12-7-6-10-5-4-8-15-10/h4-5,8-9H,3,6-7H2,1-2H3,(H,12,13)/t9-/m1/s1. The number of rotatable bonds is 6. The second-order valence-electron chi connectivity index (χ2n) is 3.22. The first-order chi connectivity index (χ1) is 7.24. The molecule has 0 saturated carbocycles. The third-order valence-electron chi connectivity index (χ3n) is 2.04. The molecule has 0 aromatic carbocycles. The van der Waals surface area contributed by atoms with Crippen molar-refractivity contribution < 1.29 is 9.53 Å². The van der Waals surface area contributed by atoms with Gasteiger partial charge in [0.15, 0.2) is 0 Å². The first-order valence-corrected chi connectivity index (χ1v) is 6.03. The lowest BCUT2D eigenvalue weighted by molar-refractivity contribution is -0.131. The van der Waals surface area contributed by atoms with Crippen molar-refractivity contribution in [3.05, 3.63) is 22.4 Å². The van der Waals surface area contributed by atoms with E-state index in [1.165, 1.54) is 4.88 Å². The molecule has 1 amide bonds. The average Bonchev–Trinajstić information content (AvgIpc) is 2.71. The fraction of sp³-hybridized carbons (Fsp3) is 0.545. The first kappa shape index (κ1) is 12.2. The summed E-state index contributed by atoms with van der Waals surface area (Å²) < 4.78 is 5.18. The molecule has 1 aromatic rings. The minimum absolute atomic E-state index is 0.0339. The fourth-order valence-corrected chi connectivity index (χ4v) is 1.94. The monoisotopic (exact) mass is 227 g/mol. The van der Waals surface area contributed by atoms with Gasteiger partial charge in [0, 0.05) is 18.0 Å². The summed E-state index contributed by atoms with van der Waals surface area (Å²) >= 11 is 1.71. The molecular weight excluding hydrogens is 210 g/mol. The van der Waals surface area contributed by atoms with Gasteiger partial charge in [0.2, 0.25) is 5.91 Å². The zero-order valence-corrected chi connectivity index (χ0v) is 9.97. The fourth-order valence-electron chi connectivity index (χ4n) is 1.23. The van der Waals surface area contributed by atoms with Crippen LogP contribution in [0, 0.1) is 0 Å². The number of carbonyl (C=O) groups is 1. The molecule has 3 nitrogen and oxygen atoms in total. The average molecular weight is 227 g/mol. The SMILES string of the molecule is CCO[C@H](C)C(=O)NCCc1cccs1. The van der Waals surface area contributed by atoms with Gasteiger partial charge in [0.05, 0.1) is 0 Å². The van der Waals surface area contributed by atoms with Gasteiger partial charge in [-0.2, -0.15) is 0 Å². The van der Waals surface area contributed by atoms with Gasteiger partial charge < -0.3 is 10.1 Å². The molecule has 0 radical (unpaired) electrons. The largest absolute Gasteiger partial charge is 0.369 e. The molecule has 0 bridgehead atoms. The van der Waals surface area contributed by atoms with Gasteiger partial charge in [-0.25, -0.2) is 0 Å². The van der Waals surface area contributed by atoms with E-state index in [-0.39, 0.29) is 12.0 Å². The molecule has 1 atom stereocenters. The van der Waals surface area contributed by atoms with Crippen LogP contribution in [0.1, 0.15) is 18.7 Å². The molecule has 1 rings (SSSR count). The van der Waals surface area contributed by atoms with Crippen LogP contribution in [-0.4, -0.2) is 25.2 Å². The van der Waals surface area contributed by atoms with Gasteiger partial charge in [0.25, 0.3) is 0 Å². The number of carbonyl (C=O) groups excluding carboxylic acids is 1. The lowest BCUT2D eigenvalue weighted by Gasteiger charge is -2.11. The summed E-state index contributed by atoms with van der Waals surface area (Å²) in [5, 5.41) is 4.89. The molecule has 0 spiro atoms. The van der Waals surface area contributed by atoms with E-state index in [9.17, 15) is 4.79 Å². The summed E-state index contributed by atoms with van der Waals surface area (Å²) in [6.07, 6.45) is 0.542. The Morgan fingerprint density at radius 2 is 2.47 bits per heavy atom. The van der Waals surface area contributed by atoms with Crippen LogP contribution < -0.4 is 5.32 Å². The molecule has 84 valence electrons. The Bertz CT molecular complexity index is 285. The maximum absolute atomic E-state index is 11.4. The third-order valence-corrected chi connectivity index (χ3v) is 2.97. The smallest absolute Gasteiger partial charge is 0.248 e. The van der Waals surface area contributed by atoms with Crippen molar-refractivity contribution in [1.82, 2.24) is 5.32 Å². The van der Waals surface area contributed by atoms with Crippen molar-refractivity contribution >= 4 is 17.2 Å². The van der Waals surface area contributed by atoms with E-state index in [0.29, 0.717) is 13.2 Å². The summed E-state index contributed by atoms with van der Waals surface area (Å²) in [4.78, 5) is 12.7. The number of hydrogen-bond acceptors (Lipinski definition) is 3. The van der Waals surface area contributed by atoms with Crippen LogP contribution in [0.15, 0.2) is 17.5 Å². The van der Waals surface area contributed by atoms with Crippen LogP contribution in [-0.2, 0) is 16.0 Å². The number of ether oxygens (including phenoxy) is 1. The van der Waals surface area contributed by atoms with E-state index in [1.54, 1.807) is 18.3 Å². The highest BCUT2D eigenvalue weighted by molar-refractivity contribution is 7.09.